The van der Waals surface area contributed by atoms with Gasteiger partial charge in [0.25, 0.3) is 0 Å². The number of hydrogen-bond acceptors (Lipinski definition) is 3. The van der Waals surface area contributed by atoms with E-state index in [-0.39, 0.29) is 0 Å². The molecule has 1 saturated carbocycles. The van der Waals surface area contributed by atoms with Gasteiger partial charge in [0.2, 0.25) is 0 Å². The predicted octanol–water partition coefficient (Wildman–Crippen LogP) is 3.42. The van der Waals surface area contributed by atoms with Gasteiger partial charge in [-0.2, -0.15) is 11.8 Å². The van der Waals surface area contributed by atoms with Crippen molar-refractivity contribution in [3.8, 4) is 0 Å². The molecule has 1 aromatic carbocycles. The van der Waals surface area contributed by atoms with Crippen LogP contribution >= 0.6 is 11.8 Å². The maximum absolute atomic E-state index is 10.2. The molecule has 0 radical (unpaired) electrons. The first kappa shape index (κ1) is 15.9. The Morgan fingerprint density at radius 1 is 1.20 bits per heavy atom. The Hall–Kier alpha value is -0.510. The molecular weight excluding hydrogens is 266 g/mol. The standard InChI is InChI=1S/C17H27NOS/c1-17(19,13-20-2)12-18-16-10-8-15(9-11-16)14-6-4-3-5-7-14/h3-7,15-16,18-19H,8-13H2,1-2H3. The Morgan fingerprint density at radius 3 is 2.45 bits per heavy atom. The smallest absolute Gasteiger partial charge is 0.0833 e. The van der Waals surface area contributed by atoms with Gasteiger partial charge in [-0.05, 0) is 50.3 Å². The Morgan fingerprint density at radius 2 is 1.85 bits per heavy atom. The molecule has 1 aliphatic rings. The Kier molecular flexibility index (Phi) is 5.94. The summed E-state index contributed by atoms with van der Waals surface area (Å²) in [7, 11) is 0. The lowest BCUT2D eigenvalue weighted by molar-refractivity contribution is 0.0791. The van der Waals surface area contributed by atoms with E-state index in [0.717, 1.165) is 11.7 Å². The molecule has 1 atom stereocenters. The minimum absolute atomic E-state index is 0.572. The molecule has 20 heavy (non-hydrogen) atoms. The zero-order valence-electron chi connectivity index (χ0n) is 12.6. The Balaban J connectivity index is 1.75. The molecule has 0 saturated heterocycles. The SMILES string of the molecule is CSCC(C)(O)CNC1CCC(c2ccccc2)CC1. The number of aliphatic hydroxyl groups is 1. The van der Waals surface area contributed by atoms with Crippen LogP contribution in [-0.2, 0) is 0 Å². The molecule has 0 aliphatic heterocycles. The number of benzene rings is 1. The zero-order chi connectivity index (χ0) is 14.4. The zero-order valence-corrected chi connectivity index (χ0v) is 13.5. The van der Waals surface area contributed by atoms with E-state index in [1.54, 1.807) is 11.8 Å². The van der Waals surface area contributed by atoms with Gasteiger partial charge >= 0.3 is 0 Å². The van der Waals surface area contributed by atoms with Crippen molar-refractivity contribution in [1.82, 2.24) is 5.32 Å². The first-order valence-corrected chi connectivity index (χ1v) is 9.00. The van der Waals surface area contributed by atoms with Crippen molar-refractivity contribution in [3.63, 3.8) is 0 Å². The lowest BCUT2D eigenvalue weighted by Crippen LogP contribution is -2.45. The normalized spacial score (nSPS) is 26.1. The molecule has 2 N–H and O–H groups in total. The van der Waals surface area contributed by atoms with E-state index in [9.17, 15) is 5.11 Å². The third kappa shape index (κ3) is 4.80. The van der Waals surface area contributed by atoms with Crippen LogP contribution in [-0.4, -0.2) is 35.3 Å². The van der Waals surface area contributed by atoms with Crippen LogP contribution in [0, 0.1) is 0 Å². The third-order valence-corrected chi connectivity index (χ3v) is 5.14. The van der Waals surface area contributed by atoms with Crippen LogP contribution in [0.2, 0.25) is 0 Å². The highest BCUT2D eigenvalue weighted by Gasteiger charge is 2.25. The van der Waals surface area contributed by atoms with E-state index < -0.39 is 5.60 Å². The molecule has 0 heterocycles. The second-order valence-corrected chi connectivity index (χ2v) is 7.14. The molecule has 112 valence electrons. The van der Waals surface area contributed by atoms with Gasteiger partial charge in [-0.3, -0.25) is 0 Å². The first-order chi connectivity index (χ1) is 9.61. The van der Waals surface area contributed by atoms with Gasteiger partial charge in [-0.1, -0.05) is 30.3 Å². The summed E-state index contributed by atoms with van der Waals surface area (Å²) in [5, 5.41) is 13.7. The number of nitrogens with one attached hydrogen (secondary N) is 1. The summed E-state index contributed by atoms with van der Waals surface area (Å²) in [5.74, 6) is 1.51. The van der Waals surface area contributed by atoms with E-state index in [1.165, 1.54) is 31.2 Å². The van der Waals surface area contributed by atoms with Crippen LogP contribution in [0.3, 0.4) is 0 Å². The molecule has 1 aromatic rings. The predicted molar refractivity (Wildman–Crippen MR) is 88.4 cm³/mol. The lowest BCUT2D eigenvalue weighted by atomic mass is 9.81. The highest BCUT2D eigenvalue weighted by molar-refractivity contribution is 7.98. The molecule has 2 rings (SSSR count). The molecule has 0 spiro atoms. The van der Waals surface area contributed by atoms with Gasteiger partial charge in [0.05, 0.1) is 5.60 Å². The van der Waals surface area contributed by atoms with Gasteiger partial charge in [-0.25, -0.2) is 0 Å². The summed E-state index contributed by atoms with van der Waals surface area (Å²) in [6.07, 6.45) is 6.99. The van der Waals surface area contributed by atoms with Crippen LogP contribution in [0.5, 0.6) is 0 Å². The van der Waals surface area contributed by atoms with Crippen LogP contribution in [0.1, 0.15) is 44.1 Å². The number of thioether (sulfide) groups is 1. The van der Waals surface area contributed by atoms with E-state index in [2.05, 4.69) is 35.6 Å². The highest BCUT2D eigenvalue weighted by Crippen LogP contribution is 2.32. The number of hydrogen-bond donors (Lipinski definition) is 2. The average molecular weight is 293 g/mol. The molecule has 0 bridgehead atoms. The first-order valence-electron chi connectivity index (χ1n) is 7.60. The van der Waals surface area contributed by atoms with Crippen molar-refractivity contribution in [2.75, 3.05) is 18.6 Å². The molecular formula is C17H27NOS. The van der Waals surface area contributed by atoms with Crippen molar-refractivity contribution < 1.29 is 5.11 Å². The molecule has 1 unspecified atom stereocenters. The van der Waals surface area contributed by atoms with Crippen LogP contribution in [0.4, 0.5) is 0 Å². The summed E-state index contributed by atoms with van der Waals surface area (Å²) in [4.78, 5) is 0. The second kappa shape index (κ2) is 7.48. The fourth-order valence-corrected chi connectivity index (χ4v) is 3.81. The van der Waals surface area contributed by atoms with E-state index in [1.807, 2.05) is 13.2 Å². The van der Waals surface area contributed by atoms with Gasteiger partial charge in [-0.15, -0.1) is 0 Å². The number of rotatable bonds is 6. The minimum Gasteiger partial charge on any atom is -0.388 e. The van der Waals surface area contributed by atoms with E-state index in [0.29, 0.717) is 12.6 Å². The second-order valence-electron chi connectivity index (χ2n) is 6.27. The minimum atomic E-state index is -0.588. The largest absolute Gasteiger partial charge is 0.388 e. The molecule has 3 heteroatoms. The quantitative estimate of drug-likeness (QED) is 0.843. The van der Waals surface area contributed by atoms with Gasteiger partial charge in [0.15, 0.2) is 0 Å². The summed E-state index contributed by atoms with van der Waals surface area (Å²) < 4.78 is 0. The monoisotopic (exact) mass is 293 g/mol. The van der Waals surface area contributed by atoms with Crippen LogP contribution in [0.15, 0.2) is 30.3 Å². The fourth-order valence-electron chi connectivity index (χ4n) is 3.08. The Bertz CT molecular complexity index is 385. The van der Waals surface area contributed by atoms with E-state index in [4.69, 9.17) is 0 Å². The molecule has 1 aliphatic carbocycles. The maximum atomic E-state index is 10.2. The van der Waals surface area contributed by atoms with Gasteiger partial charge in [0, 0.05) is 18.3 Å². The summed E-state index contributed by atoms with van der Waals surface area (Å²) in [5.41, 5.74) is 0.899. The van der Waals surface area contributed by atoms with Crippen LogP contribution < -0.4 is 5.32 Å². The summed E-state index contributed by atoms with van der Waals surface area (Å²) in [6.45, 7) is 2.63. The van der Waals surface area contributed by atoms with Crippen molar-refractivity contribution in [2.24, 2.45) is 0 Å². The van der Waals surface area contributed by atoms with Crippen LogP contribution in [0.25, 0.3) is 0 Å². The van der Waals surface area contributed by atoms with Crippen molar-refractivity contribution in [2.45, 2.75) is 50.2 Å². The van der Waals surface area contributed by atoms with Crippen molar-refractivity contribution in [1.29, 1.82) is 0 Å². The van der Waals surface area contributed by atoms with Crippen molar-refractivity contribution >= 4 is 11.8 Å². The Labute approximate surface area is 127 Å². The molecule has 2 nitrogen and oxygen atoms in total. The molecule has 1 fully saturated rings. The lowest BCUT2D eigenvalue weighted by Gasteiger charge is -2.32. The third-order valence-electron chi connectivity index (χ3n) is 4.23. The topological polar surface area (TPSA) is 32.3 Å². The van der Waals surface area contributed by atoms with Crippen molar-refractivity contribution in [3.05, 3.63) is 35.9 Å². The average Bonchev–Trinajstić information content (AvgIpc) is 2.47. The summed E-state index contributed by atoms with van der Waals surface area (Å²) in [6, 6.07) is 11.4. The summed E-state index contributed by atoms with van der Waals surface area (Å²) >= 11 is 1.70. The molecule has 0 amide bonds. The fraction of sp³-hybridized carbons (Fsp3) is 0.647. The van der Waals surface area contributed by atoms with Gasteiger partial charge in [0.1, 0.15) is 0 Å². The molecule has 0 aromatic heterocycles. The highest BCUT2D eigenvalue weighted by atomic mass is 32.2. The maximum Gasteiger partial charge on any atom is 0.0833 e. The van der Waals surface area contributed by atoms with E-state index >= 15 is 0 Å². The van der Waals surface area contributed by atoms with Gasteiger partial charge < -0.3 is 10.4 Å².